The summed E-state index contributed by atoms with van der Waals surface area (Å²) in [6.07, 6.45) is 7.24. The number of pyridine rings is 1. The van der Waals surface area contributed by atoms with E-state index in [2.05, 4.69) is 21.8 Å². The molecule has 9 heteroatoms. The van der Waals surface area contributed by atoms with Gasteiger partial charge in [0.1, 0.15) is 23.3 Å². The van der Waals surface area contributed by atoms with Gasteiger partial charge in [-0.1, -0.05) is 0 Å². The van der Waals surface area contributed by atoms with Crippen LogP contribution in [0.1, 0.15) is 32.3 Å². The molecule has 2 atom stereocenters. The van der Waals surface area contributed by atoms with Crippen LogP contribution in [0.3, 0.4) is 0 Å². The monoisotopic (exact) mass is 490 g/mol. The van der Waals surface area contributed by atoms with Crippen molar-refractivity contribution in [3.8, 4) is 11.1 Å². The van der Waals surface area contributed by atoms with Crippen LogP contribution in [0.25, 0.3) is 16.8 Å². The summed E-state index contributed by atoms with van der Waals surface area (Å²) in [5, 5.41) is 4.48. The van der Waals surface area contributed by atoms with E-state index in [1.54, 1.807) is 10.7 Å². The van der Waals surface area contributed by atoms with Crippen LogP contribution in [-0.4, -0.2) is 51.9 Å². The highest BCUT2D eigenvalue weighted by Crippen LogP contribution is 2.42. The molecule has 0 amide bonds. The highest BCUT2D eigenvalue weighted by atomic mass is 19.1. The smallest absolute Gasteiger partial charge is 0.165 e. The maximum absolute atomic E-state index is 14.8. The van der Waals surface area contributed by atoms with Crippen molar-refractivity contribution in [1.82, 2.24) is 19.6 Å². The molecule has 2 fully saturated rings. The first-order valence-electron chi connectivity index (χ1n) is 12.3. The normalized spacial score (nSPS) is 22.5. The molecule has 3 aromatic heterocycles. The molecule has 2 aliphatic rings. The van der Waals surface area contributed by atoms with Crippen LogP contribution in [-0.2, 0) is 10.3 Å². The molecule has 186 valence electrons. The number of halogens is 2. The average Bonchev–Trinajstić information content (AvgIpc) is 3.49. The third kappa shape index (κ3) is 3.87. The standard InChI is InChI=1S/C27H28F2N6O/c1-18-17-33(12-13-36-18)24-7-4-19(15-30-24)21-16-31-35-11-8-25(32-26(21)35)34-10-3-9-27(34,2)22-14-20(28)5-6-23(22)29/h4-8,11,14-16,18H,3,9-10,12-13,17H2,1-2H3/t18-,27+/m0/s1. The first-order valence-corrected chi connectivity index (χ1v) is 12.3. The molecule has 2 aliphatic heterocycles. The van der Waals surface area contributed by atoms with E-state index in [9.17, 15) is 8.78 Å². The largest absolute Gasteiger partial charge is 0.375 e. The first kappa shape index (κ1) is 22.8. The zero-order valence-corrected chi connectivity index (χ0v) is 20.4. The van der Waals surface area contributed by atoms with Gasteiger partial charge in [0, 0.05) is 48.7 Å². The molecule has 7 nitrogen and oxygen atoms in total. The van der Waals surface area contributed by atoms with Gasteiger partial charge in [-0.2, -0.15) is 5.10 Å². The average molecular weight is 491 g/mol. The number of hydrogen-bond donors (Lipinski definition) is 0. The van der Waals surface area contributed by atoms with Gasteiger partial charge in [-0.25, -0.2) is 23.3 Å². The summed E-state index contributed by atoms with van der Waals surface area (Å²) >= 11 is 0. The predicted octanol–water partition coefficient (Wildman–Crippen LogP) is 4.81. The number of nitrogens with zero attached hydrogens (tertiary/aromatic N) is 6. The first-order chi connectivity index (χ1) is 17.4. The molecule has 0 unspecified atom stereocenters. The fourth-order valence-electron chi connectivity index (χ4n) is 5.49. The van der Waals surface area contributed by atoms with Crippen molar-refractivity contribution in [2.24, 2.45) is 0 Å². The second-order valence-corrected chi connectivity index (χ2v) is 9.80. The topological polar surface area (TPSA) is 58.8 Å². The number of hydrogen-bond acceptors (Lipinski definition) is 6. The van der Waals surface area contributed by atoms with Gasteiger partial charge >= 0.3 is 0 Å². The van der Waals surface area contributed by atoms with Crippen molar-refractivity contribution in [3.05, 3.63) is 72.2 Å². The molecule has 36 heavy (non-hydrogen) atoms. The Bertz CT molecular complexity index is 1410. The molecule has 0 bridgehead atoms. The zero-order chi connectivity index (χ0) is 24.9. The summed E-state index contributed by atoms with van der Waals surface area (Å²) in [5.41, 5.74) is 2.13. The summed E-state index contributed by atoms with van der Waals surface area (Å²) < 4.78 is 36.2. The SMILES string of the molecule is C[C@H]1CN(c2ccc(-c3cnn4ccc(N5CCC[C@]5(C)c5cc(F)ccc5F)nc34)cn2)CCO1. The molecule has 2 saturated heterocycles. The number of fused-ring (bicyclic) bond motifs is 1. The molecule has 0 aliphatic carbocycles. The van der Waals surface area contributed by atoms with Crippen molar-refractivity contribution in [3.63, 3.8) is 0 Å². The second-order valence-electron chi connectivity index (χ2n) is 9.80. The van der Waals surface area contributed by atoms with Crippen LogP contribution in [0, 0.1) is 11.6 Å². The molecule has 5 heterocycles. The van der Waals surface area contributed by atoms with Gasteiger partial charge in [-0.3, -0.25) is 0 Å². The molecule has 0 saturated carbocycles. The molecule has 0 radical (unpaired) electrons. The fraction of sp³-hybridized carbons (Fsp3) is 0.370. The Morgan fingerprint density at radius 2 is 1.94 bits per heavy atom. The van der Waals surface area contributed by atoms with Crippen molar-refractivity contribution in [2.45, 2.75) is 38.3 Å². The van der Waals surface area contributed by atoms with Crippen LogP contribution >= 0.6 is 0 Å². The molecular formula is C27H28F2N6O. The highest BCUT2D eigenvalue weighted by molar-refractivity contribution is 5.78. The van der Waals surface area contributed by atoms with Crippen LogP contribution in [0.15, 0.2) is 55.0 Å². The summed E-state index contributed by atoms with van der Waals surface area (Å²) in [6.45, 7) is 7.05. The van der Waals surface area contributed by atoms with Gasteiger partial charge < -0.3 is 14.5 Å². The van der Waals surface area contributed by atoms with Crippen molar-refractivity contribution in [1.29, 1.82) is 0 Å². The minimum Gasteiger partial charge on any atom is -0.375 e. The number of aromatic nitrogens is 4. The molecule has 0 spiro atoms. The third-order valence-electron chi connectivity index (χ3n) is 7.40. The Morgan fingerprint density at radius 1 is 1.06 bits per heavy atom. The van der Waals surface area contributed by atoms with Crippen molar-refractivity contribution >= 4 is 17.3 Å². The summed E-state index contributed by atoms with van der Waals surface area (Å²) in [6, 6.07) is 9.60. The highest BCUT2D eigenvalue weighted by Gasteiger charge is 2.41. The maximum atomic E-state index is 14.8. The lowest BCUT2D eigenvalue weighted by Gasteiger charge is -2.37. The van der Waals surface area contributed by atoms with Gasteiger partial charge in [0.15, 0.2) is 5.65 Å². The van der Waals surface area contributed by atoms with E-state index in [1.165, 1.54) is 12.1 Å². The van der Waals surface area contributed by atoms with E-state index in [1.807, 2.05) is 37.5 Å². The number of anilines is 2. The Kier molecular flexibility index (Phi) is 5.59. The van der Waals surface area contributed by atoms with Crippen LogP contribution < -0.4 is 9.80 Å². The van der Waals surface area contributed by atoms with Crippen molar-refractivity contribution < 1.29 is 13.5 Å². The van der Waals surface area contributed by atoms with Crippen molar-refractivity contribution in [2.75, 3.05) is 36.0 Å². The van der Waals surface area contributed by atoms with E-state index in [0.29, 0.717) is 36.6 Å². The van der Waals surface area contributed by atoms with Gasteiger partial charge in [-0.05, 0) is 63.1 Å². The Balaban J connectivity index is 1.34. The Morgan fingerprint density at radius 3 is 2.75 bits per heavy atom. The Labute approximate surface area is 208 Å². The predicted molar refractivity (Wildman–Crippen MR) is 134 cm³/mol. The number of ether oxygens (including phenoxy) is 1. The lowest BCUT2D eigenvalue weighted by atomic mass is 9.88. The minimum atomic E-state index is -0.698. The molecule has 0 N–H and O–H groups in total. The van der Waals surface area contributed by atoms with E-state index in [4.69, 9.17) is 14.7 Å². The van der Waals surface area contributed by atoms with Crippen LogP contribution in [0.4, 0.5) is 20.4 Å². The molecular weight excluding hydrogens is 462 g/mol. The maximum Gasteiger partial charge on any atom is 0.165 e. The fourth-order valence-corrected chi connectivity index (χ4v) is 5.49. The molecule has 4 aromatic rings. The Hall–Kier alpha value is -3.59. The van der Waals surface area contributed by atoms with E-state index < -0.39 is 17.2 Å². The van der Waals surface area contributed by atoms with Gasteiger partial charge in [0.2, 0.25) is 0 Å². The second kappa shape index (κ2) is 8.81. The summed E-state index contributed by atoms with van der Waals surface area (Å²) in [4.78, 5) is 13.9. The number of rotatable bonds is 4. The lowest BCUT2D eigenvalue weighted by molar-refractivity contribution is 0.0529. The third-order valence-corrected chi connectivity index (χ3v) is 7.40. The number of morpholine rings is 1. The number of benzene rings is 1. The quantitative estimate of drug-likeness (QED) is 0.409. The van der Waals surface area contributed by atoms with Gasteiger partial charge in [-0.15, -0.1) is 0 Å². The molecule has 6 rings (SSSR count). The van der Waals surface area contributed by atoms with E-state index >= 15 is 0 Å². The van der Waals surface area contributed by atoms with E-state index in [0.717, 1.165) is 42.5 Å². The summed E-state index contributed by atoms with van der Waals surface area (Å²) in [5.74, 6) is 0.782. The molecule has 1 aromatic carbocycles. The van der Waals surface area contributed by atoms with Crippen LogP contribution in [0.2, 0.25) is 0 Å². The lowest BCUT2D eigenvalue weighted by Crippen LogP contribution is -2.41. The zero-order valence-electron chi connectivity index (χ0n) is 20.4. The minimum absolute atomic E-state index is 0.180. The van der Waals surface area contributed by atoms with E-state index in [-0.39, 0.29) is 6.10 Å². The summed E-state index contributed by atoms with van der Waals surface area (Å²) in [7, 11) is 0. The van der Waals surface area contributed by atoms with Gasteiger partial charge in [0.25, 0.3) is 0 Å². The van der Waals surface area contributed by atoms with Crippen LogP contribution in [0.5, 0.6) is 0 Å². The van der Waals surface area contributed by atoms with Gasteiger partial charge in [0.05, 0.1) is 24.4 Å².